The van der Waals surface area contributed by atoms with E-state index in [4.69, 9.17) is 0 Å². The first-order valence-corrected chi connectivity index (χ1v) is 5.96. The Morgan fingerprint density at radius 1 is 1.39 bits per heavy atom. The molecule has 0 spiro atoms. The van der Waals surface area contributed by atoms with E-state index >= 15 is 0 Å². The number of carbonyl (C=O) groups is 1. The Morgan fingerprint density at radius 3 is 2.72 bits per heavy atom. The van der Waals surface area contributed by atoms with Crippen LogP contribution in [-0.2, 0) is 11.3 Å². The Labute approximate surface area is 107 Å². The van der Waals surface area contributed by atoms with Crippen LogP contribution in [0.1, 0.15) is 24.2 Å². The fraction of sp³-hybridized carbons (Fsp3) is 0.286. The molecule has 4 nitrogen and oxygen atoms in total. The van der Waals surface area contributed by atoms with Crippen molar-refractivity contribution in [1.82, 2.24) is 14.9 Å². The van der Waals surface area contributed by atoms with Crippen LogP contribution < -0.4 is 0 Å². The summed E-state index contributed by atoms with van der Waals surface area (Å²) in [6.45, 7) is 2.43. The van der Waals surface area contributed by atoms with Gasteiger partial charge in [0.15, 0.2) is 0 Å². The predicted molar refractivity (Wildman–Crippen MR) is 69.9 cm³/mol. The molecule has 0 bridgehead atoms. The lowest BCUT2D eigenvalue weighted by atomic mass is 10.00. The average Bonchev–Trinajstić information content (AvgIpc) is 2.91. The van der Waals surface area contributed by atoms with Crippen LogP contribution in [0.5, 0.6) is 0 Å². The third-order valence-electron chi connectivity index (χ3n) is 2.99. The summed E-state index contributed by atoms with van der Waals surface area (Å²) in [5.74, 6) is 0.759. The molecule has 1 aromatic heterocycles. The van der Waals surface area contributed by atoms with E-state index in [0.29, 0.717) is 6.54 Å². The van der Waals surface area contributed by atoms with Crippen LogP contribution in [0.15, 0.2) is 42.7 Å². The molecule has 0 aliphatic heterocycles. The second-order valence-electron chi connectivity index (χ2n) is 4.36. The molecule has 1 atom stereocenters. The third-order valence-corrected chi connectivity index (χ3v) is 2.99. The Bertz CT molecular complexity index is 493. The normalized spacial score (nSPS) is 12.1. The van der Waals surface area contributed by atoms with E-state index in [2.05, 4.69) is 9.97 Å². The molecule has 1 heterocycles. The van der Waals surface area contributed by atoms with E-state index < -0.39 is 0 Å². The minimum atomic E-state index is -0.133. The van der Waals surface area contributed by atoms with Crippen molar-refractivity contribution < 1.29 is 4.79 Å². The maximum atomic E-state index is 12.3. The van der Waals surface area contributed by atoms with Gasteiger partial charge < -0.3 is 9.88 Å². The molecule has 0 aliphatic rings. The highest BCUT2D eigenvalue weighted by Gasteiger charge is 2.19. The Kier molecular flexibility index (Phi) is 3.77. The summed E-state index contributed by atoms with van der Waals surface area (Å²) in [6, 6.07) is 9.80. The van der Waals surface area contributed by atoms with Crippen LogP contribution in [0.3, 0.4) is 0 Å². The fourth-order valence-corrected chi connectivity index (χ4v) is 1.90. The fourth-order valence-electron chi connectivity index (χ4n) is 1.90. The zero-order valence-corrected chi connectivity index (χ0v) is 10.6. The van der Waals surface area contributed by atoms with Crippen molar-refractivity contribution in [3.05, 3.63) is 54.1 Å². The van der Waals surface area contributed by atoms with E-state index in [1.165, 1.54) is 0 Å². The number of hydrogen-bond donors (Lipinski definition) is 1. The molecule has 1 aromatic carbocycles. The molecule has 1 N–H and O–H groups in total. The van der Waals surface area contributed by atoms with Crippen molar-refractivity contribution in [3.63, 3.8) is 0 Å². The first kappa shape index (κ1) is 12.4. The van der Waals surface area contributed by atoms with E-state index in [1.54, 1.807) is 24.3 Å². The van der Waals surface area contributed by atoms with Gasteiger partial charge in [-0.2, -0.15) is 0 Å². The van der Waals surface area contributed by atoms with Crippen molar-refractivity contribution in [2.45, 2.75) is 19.4 Å². The zero-order chi connectivity index (χ0) is 13.0. The molecule has 18 heavy (non-hydrogen) atoms. The number of aromatic amines is 1. The van der Waals surface area contributed by atoms with Crippen molar-refractivity contribution in [2.24, 2.45) is 0 Å². The summed E-state index contributed by atoms with van der Waals surface area (Å²) >= 11 is 0. The molecule has 1 unspecified atom stereocenters. The molecule has 0 radical (unpaired) electrons. The SMILES string of the molecule is CC(C(=O)N(C)Cc1ncc[nH]1)c1ccccc1. The maximum absolute atomic E-state index is 12.3. The summed E-state index contributed by atoms with van der Waals surface area (Å²) in [6.07, 6.45) is 3.45. The van der Waals surface area contributed by atoms with Gasteiger partial charge in [0, 0.05) is 19.4 Å². The summed E-state index contributed by atoms with van der Waals surface area (Å²) < 4.78 is 0. The van der Waals surface area contributed by atoms with E-state index in [-0.39, 0.29) is 11.8 Å². The van der Waals surface area contributed by atoms with E-state index in [0.717, 1.165) is 11.4 Å². The minimum absolute atomic E-state index is 0.0950. The average molecular weight is 243 g/mol. The second-order valence-corrected chi connectivity index (χ2v) is 4.36. The number of benzene rings is 1. The van der Waals surface area contributed by atoms with Crippen LogP contribution in [-0.4, -0.2) is 27.8 Å². The highest BCUT2D eigenvalue weighted by atomic mass is 16.2. The van der Waals surface area contributed by atoms with Crippen LogP contribution in [0, 0.1) is 0 Å². The summed E-state index contributed by atoms with van der Waals surface area (Å²) in [5.41, 5.74) is 1.04. The number of nitrogens with zero attached hydrogens (tertiary/aromatic N) is 2. The molecule has 4 heteroatoms. The monoisotopic (exact) mass is 243 g/mol. The number of hydrogen-bond acceptors (Lipinski definition) is 2. The van der Waals surface area contributed by atoms with Crippen LogP contribution in [0.4, 0.5) is 0 Å². The first-order valence-electron chi connectivity index (χ1n) is 5.96. The molecule has 2 aromatic rings. The quantitative estimate of drug-likeness (QED) is 0.894. The van der Waals surface area contributed by atoms with Crippen molar-refractivity contribution >= 4 is 5.91 Å². The largest absolute Gasteiger partial charge is 0.347 e. The van der Waals surface area contributed by atoms with Crippen LogP contribution in [0.25, 0.3) is 0 Å². The van der Waals surface area contributed by atoms with Gasteiger partial charge in [-0.05, 0) is 12.5 Å². The topological polar surface area (TPSA) is 49.0 Å². The number of aromatic nitrogens is 2. The number of nitrogens with one attached hydrogen (secondary N) is 1. The van der Waals surface area contributed by atoms with E-state index in [9.17, 15) is 4.79 Å². The van der Waals surface area contributed by atoms with Gasteiger partial charge in [-0.15, -0.1) is 0 Å². The third kappa shape index (κ3) is 2.77. The highest BCUT2D eigenvalue weighted by molar-refractivity contribution is 5.83. The van der Waals surface area contributed by atoms with Gasteiger partial charge in [0.25, 0.3) is 0 Å². The van der Waals surface area contributed by atoms with Gasteiger partial charge in [0.1, 0.15) is 5.82 Å². The number of H-pyrrole nitrogens is 1. The van der Waals surface area contributed by atoms with Gasteiger partial charge in [-0.3, -0.25) is 4.79 Å². The number of carbonyl (C=O) groups excluding carboxylic acids is 1. The molecule has 2 rings (SSSR count). The molecule has 94 valence electrons. The van der Waals surface area contributed by atoms with Crippen molar-refractivity contribution in [1.29, 1.82) is 0 Å². The lowest BCUT2D eigenvalue weighted by Crippen LogP contribution is -2.30. The van der Waals surface area contributed by atoms with Crippen molar-refractivity contribution in [3.8, 4) is 0 Å². The first-order chi connectivity index (χ1) is 8.68. The van der Waals surface area contributed by atoms with Gasteiger partial charge >= 0.3 is 0 Å². The summed E-state index contributed by atoms with van der Waals surface area (Å²) in [4.78, 5) is 21.1. The highest BCUT2D eigenvalue weighted by Crippen LogP contribution is 2.17. The summed E-state index contributed by atoms with van der Waals surface area (Å²) in [7, 11) is 1.80. The molecule has 0 aliphatic carbocycles. The maximum Gasteiger partial charge on any atom is 0.229 e. The molecular formula is C14H17N3O. The van der Waals surface area contributed by atoms with Gasteiger partial charge in [0.2, 0.25) is 5.91 Å². The standard InChI is InChI=1S/C14H17N3O/c1-11(12-6-4-3-5-7-12)14(18)17(2)10-13-15-8-9-16-13/h3-9,11H,10H2,1-2H3,(H,15,16). The summed E-state index contributed by atoms with van der Waals surface area (Å²) in [5, 5.41) is 0. The van der Waals surface area contributed by atoms with Gasteiger partial charge in [0.05, 0.1) is 12.5 Å². The van der Waals surface area contributed by atoms with Gasteiger partial charge in [-0.25, -0.2) is 4.98 Å². The lowest BCUT2D eigenvalue weighted by Gasteiger charge is -2.20. The number of likely N-dealkylation sites (N-methyl/N-ethyl adjacent to an activating group) is 1. The second kappa shape index (κ2) is 5.49. The molecule has 0 saturated heterocycles. The predicted octanol–water partition coefficient (Wildman–Crippen LogP) is 2.17. The molecule has 0 fully saturated rings. The van der Waals surface area contributed by atoms with Crippen molar-refractivity contribution in [2.75, 3.05) is 7.05 Å². The number of amides is 1. The Hall–Kier alpha value is -2.10. The number of imidazole rings is 1. The molecule has 0 saturated carbocycles. The Morgan fingerprint density at radius 2 is 2.11 bits per heavy atom. The van der Waals surface area contributed by atoms with Crippen LogP contribution >= 0.6 is 0 Å². The molecule has 1 amide bonds. The minimum Gasteiger partial charge on any atom is -0.347 e. The number of rotatable bonds is 4. The zero-order valence-electron chi connectivity index (χ0n) is 10.6. The lowest BCUT2D eigenvalue weighted by molar-refractivity contribution is -0.131. The Balaban J connectivity index is 2.02. The van der Waals surface area contributed by atoms with Gasteiger partial charge in [-0.1, -0.05) is 30.3 Å². The van der Waals surface area contributed by atoms with Crippen LogP contribution in [0.2, 0.25) is 0 Å². The van der Waals surface area contributed by atoms with E-state index in [1.807, 2.05) is 37.3 Å². The molecular weight excluding hydrogens is 226 g/mol. The smallest absolute Gasteiger partial charge is 0.229 e.